The molecule has 0 fully saturated rings. The van der Waals surface area contributed by atoms with E-state index in [0.717, 1.165) is 0 Å². The second-order valence-corrected chi connectivity index (χ2v) is 4.44. The van der Waals surface area contributed by atoms with Crippen molar-refractivity contribution in [2.75, 3.05) is 13.7 Å². The first kappa shape index (κ1) is 13.3. The molecule has 3 aromatic heterocycles. The molecule has 8 heteroatoms. The highest BCUT2D eigenvalue weighted by Crippen LogP contribution is 2.12. The average molecular weight is 288 g/mol. The molecular formula is C13H12N4O4. The Morgan fingerprint density at radius 2 is 2.24 bits per heavy atom. The summed E-state index contributed by atoms with van der Waals surface area (Å²) in [6.45, 7) is 0.915. The number of hydrogen-bond donors (Lipinski definition) is 1. The van der Waals surface area contributed by atoms with Crippen LogP contribution in [0.5, 0.6) is 0 Å². The summed E-state index contributed by atoms with van der Waals surface area (Å²) in [4.78, 5) is 32.0. The van der Waals surface area contributed by atoms with Gasteiger partial charge in [0.1, 0.15) is 5.56 Å². The zero-order valence-corrected chi connectivity index (χ0v) is 11.2. The van der Waals surface area contributed by atoms with Crippen molar-refractivity contribution in [2.45, 2.75) is 6.54 Å². The lowest BCUT2D eigenvalue weighted by Crippen LogP contribution is -2.18. The molecule has 0 spiro atoms. The van der Waals surface area contributed by atoms with Gasteiger partial charge in [0.15, 0.2) is 16.8 Å². The number of pyridine rings is 1. The summed E-state index contributed by atoms with van der Waals surface area (Å²) in [6, 6.07) is 2.90. The third-order valence-corrected chi connectivity index (χ3v) is 3.18. The highest BCUT2D eigenvalue weighted by Gasteiger charge is 2.16. The van der Waals surface area contributed by atoms with E-state index in [-0.39, 0.29) is 16.7 Å². The number of methoxy groups -OCH3 is 1. The zero-order chi connectivity index (χ0) is 15.0. The lowest BCUT2D eigenvalue weighted by molar-refractivity contribution is 0.0698. The summed E-state index contributed by atoms with van der Waals surface area (Å²) in [5.74, 6) is -1.14. The number of aromatic carboxylic acids is 1. The number of carboxylic acids is 1. The second-order valence-electron chi connectivity index (χ2n) is 4.44. The fourth-order valence-electron chi connectivity index (χ4n) is 2.16. The van der Waals surface area contributed by atoms with Gasteiger partial charge in [-0.15, -0.1) is 0 Å². The van der Waals surface area contributed by atoms with Crippen LogP contribution in [-0.4, -0.2) is 43.7 Å². The lowest BCUT2D eigenvalue weighted by Gasteiger charge is -2.05. The first-order valence-corrected chi connectivity index (χ1v) is 6.22. The van der Waals surface area contributed by atoms with Gasteiger partial charge in [-0.2, -0.15) is 0 Å². The number of imidazole rings is 1. The topological polar surface area (TPSA) is 98.7 Å². The highest BCUT2D eigenvalue weighted by molar-refractivity contribution is 5.95. The number of fused-ring (bicyclic) bond motifs is 2. The van der Waals surface area contributed by atoms with Crippen molar-refractivity contribution in [3.05, 3.63) is 40.6 Å². The van der Waals surface area contributed by atoms with Gasteiger partial charge in [-0.3, -0.25) is 9.20 Å². The molecule has 0 aliphatic heterocycles. The van der Waals surface area contributed by atoms with Crippen molar-refractivity contribution in [2.24, 2.45) is 0 Å². The molecule has 0 unspecified atom stereocenters. The molecular weight excluding hydrogens is 276 g/mol. The van der Waals surface area contributed by atoms with Gasteiger partial charge in [0.25, 0.3) is 5.56 Å². The third-order valence-electron chi connectivity index (χ3n) is 3.18. The molecule has 0 aliphatic carbocycles. The molecule has 3 rings (SSSR count). The molecule has 0 saturated carbocycles. The number of hydrogen-bond acceptors (Lipinski definition) is 5. The van der Waals surface area contributed by atoms with E-state index in [1.165, 1.54) is 29.1 Å². The van der Waals surface area contributed by atoms with Crippen molar-refractivity contribution in [1.82, 2.24) is 18.9 Å². The van der Waals surface area contributed by atoms with Gasteiger partial charge < -0.3 is 14.4 Å². The minimum Gasteiger partial charge on any atom is -0.478 e. The Morgan fingerprint density at radius 3 is 2.95 bits per heavy atom. The smallest absolute Gasteiger partial charge is 0.339 e. The molecule has 0 atom stereocenters. The van der Waals surface area contributed by atoms with E-state index in [4.69, 9.17) is 4.74 Å². The molecule has 0 radical (unpaired) electrons. The monoisotopic (exact) mass is 288 g/mol. The van der Waals surface area contributed by atoms with Crippen LogP contribution in [0.4, 0.5) is 0 Å². The largest absolute Gasteiger partial charge is 0.478 e. The van der Waals surface area contributed by atoms with Crippen LogP contribution in [0.1, 0.15) is 10.4 Å². The molecule has 0 aliphatic rings. The summed E-state index contributed by atoms with van der Waals surface area (Å²) in [5, 5.41) is 9.21. The Bertz CT molecular complexity index is 896. The number of carboxylic acid groups (broad SMARTS) is 1. The van der Waals surface area contributed by atoms with E-state index in [9.17, 15) is 14.7 Å². The van der Waals surface area contributed by atoms with Gasteiger partial charge in [-0.05, 0) is 12.1 Å². The molecule has 3 heterocycles. The molecule has 1 N–H and O–H groups in total. The van der Waals surface area contributed by atoms with Crippen LogP contribution < -0.4 is 5.56 Å². The second kappa shape index (κ2) is 4.98. The first-order chi connectivity index (χ1) is 10.1. The van der Waals surface area contributed by atoms with Crippen molar-refractivity contribution < 1.29 is 14.6 Å². The number of nitrogens with zero attached hydrogens (tertiary/aromatic N) is 4. The summed E-state index contributed by atoms with van der Waals surface area (Å²) in [7, 11) is 1.57. The van der Waals surface area contributed by atoms with Crippen LogP contribution in [0.15, 0.2) is 29.5 Å². The SMILES string of the molecule is COCCn1cnc2c(=O)n3cccc(C(=O)O)c3nc21. The van der Waals surface area contributed by atoms with E-state index < -0.39 is 11.5 Å². The standard InChI is InChI=1S/C13H12N4O4/c1-21-6-5-16-7-14-9-11(16)15-10-8(13(19)20)3-2-4-17(10)12(9)18/h2-4,7H,5-6H2,1H3,(H,19,20). The zero-order valence-electron chi connectivity index (χ0n) is 11.2. The van der Waals surface area contributed by atoms with Gasteiger partial charge in [0, 0.05) is 19.9 Å². The number of ether oxygens (including phenoxy) is 1. The van der Waals surface area contributed by atoms with Gasteiger partial charge >= 0.3 is 5.97 Å². The van der Waals surface area contributed by atoms with Crippen molar-refractivity contribution in [3.63, 3.8) is 0 Å². The lowest BCUT2D eigenvalue weighted by atomic mass is 10.2. The van der Waals surface area contributed by atoms with Crippen molar-refractivity contribution >= 4 is 22.8 Å². The summed E-state index contributed by atoms with van der Waals surface area (Å²) >= 11 is 0. The van der Waals surface area contributed by atoms with E-state index in [1.807, 2.05) is 0 Å². The molecule has 0 saturated heterocycles. The number of aromatic nitrogens is 4. The van der Waals surface area contributed by atoms with Crippen LogP contribution in [-0.2, 0) is 11.3 Å². The van der Waals surface area contributed by atoms with Crippen LogP contribution in [0.2, 0.25) is 0 Å². The van der Waals surface area contributed by atoms with Gasteiger partial charge in [-0.1, -0.05) is 0 Å². The molecule has 108 valence electrons. The Labute approximate surface area is 118 Å². The summed E-state index contributed by atoms with van der Waals surface area (Å²) in [6.07, 6.45) is 2.97. The van der Waals surface area contributed by atoms with Crippen LogP contribution in [0.25, 0.3) is 16.8 Å². The van der Waals surface area contributed by atoms with Gasteiger partial charge in [0.05, 0.1) is 12.9 Å². The van der Waals surface area contributed by atoms with Crippen molar-refractivity contribution in [1.29, 1.82) is 0 Å². The summed E-state index contributed by atoms with van der Waals surface area (Å²) < 4.78 is 7.85. The Hall–Kier alpha value is -2.74. The van der Waals surface area contributed by atoms with Gasteiger partial charge in [0.2, 0.25) is 0 Å². The maximum atomic E-state index is 12.4. The van der Waals surface area contributed by atoms with Crippen LogP contribution in [0, 0.1) is 0 Å². The number of rotatable bonds is 4. The molecule has 0 aromatic carbocycles. The fourth-order valence-corrected chi connectivity index (χ4v) is 2.16. The normalized spacial score (nSPS) is 11.3. The maximum absolute atomic E-state index is 12.4. The Kier molecular flexibility index (Phi) is 3.15. The van der Waals surface area contributed by atoms with E-state index in [1.54, 1.807) is 11.7 Å². The fraction of sp³-hybridized carbons (Fsp3) is 0.231. The predicted molar refractivity (Wildman–Crippen MR) is 73.6 cm³/mol. The molecule has 21 heavy (non-hydrogen) atoms. The van der Waals surface area contributed by atoms with E-state index in [2.05, 4.69) is 9.97 Å². The van der Waals surface area contributed by atoms with Gasteiger partial charge in [-0.25, -0.2) is 14.8 Å². The average Bonchev–Trinajstić information content (AvgIpc) is 2.88. The van der Waals surface area contributed by atoms with Crippen molar-refractivity contribution in [3.8, 4) is 0 Å². The minimum atomic E-state index is -1.14. The van der Waals surface area contributed by atoms with Crippen LogP contribution >= 0.6 is 0 Å². The van der Waals surface area contributed by atoms with E-state index >= 15 is 0 Å². The maximum Gasteiger partial charge on any atom is 0.339 e. The summed E-state index contributed by atoms with van der Waals surface area (Å²) in [5.41, 5.74) is 0.226. The predicted octanol–water partition coefficient (Wildman–Crippen LogP) is 0.389. The molecule has 0 bridgehead atoms. The molecule has 0 amide bonds. The molecule has 8 nitrogen and oxygen atoms in total. The molecule has 3 aromatic rings. The van der Waals surface area contributed by atoms with E-state index in [0.29, 0.717) is 18.8 Å². The van der Waals surface area contributed by atoms with Crippen LogP contribution in [0.3, 0.4) is 0 Å². The third kappa shape index (κ3) is 2.05. The Balaban J connectivity index is 2.36. The minimum absolute atomic E-state index is 0.0315. The first-order valence-electron chi connectivity index (χ1n) is 6.22. The highest BCUT2D eigenvalue weighted by atomic mass is 16.5. The quantitative estimate of drug-likeness (QED) is 0.745. The Morgan fingerprint density at radius 1 is 1.43 bits per heavy atom. The number of carbonyl (C=O) groups is 1.